The first-order valence-electron chi connectivity index (χ1n) is 5.69. The first-order chi connectivity index (χ1) is 8.76. The third-order valence-electron chi connectivity index (χ3n) is 2.83. The van der Waals surface area contributed by atoms with Gasteiger partial charge in [-0.25, -0.2) is 0 Å². The second kappa shape index (κ2) is 5.58. The standard InChI is InChI=1S/C15H14O3/c16-9-11-5-7-12(8-6-11)15(18)14-4-2-1-3-13(14)10-17/h1-8,16-17H,9-10H2. The molecule has 2 N–H and O–H groups in total. The summed E-state index contributed by atoms with van der Waals surface area (Å²) in [6, 6.07) is 13.8. The van der Waals surface area contributed by atoms with Gasteiger partial charge in [0.05, 0.1) is 13.2 Å². The van der Waals surface area contributed by atoms with Crippen LogP contribution >= 0.6 is 0 Å². The molecule has 3 nitrogen and oxygen atoms in total. The second-order valence-corrected chi connectivity index (χ2v) is 4.00. The molecule has 0 fully saturated rings. The second-order valence-electron chi connectivity index (χ2n) is 4.00. The molecule has 2 aromatic rings. The highest BCUT2D eigenvalue weighted by molar-refractivity contribution is 6.09. The number of carbonyl (C=O) groups is 1. The Morgan fingerprint density at radius 3 is 2.17 bits per heavy atom. The lowest BCUT2D eigenvalue weighted by Gasteiger charge is -2.06. The summed E-state index contributed by atoms with van der Waals surface area (Å²) in [6.07, 6.45) is 0. The smallest absolute Gasteiger partial charge is 0.193 e. The highest BCUT2D eigenvalue weighted by atomic mass is 16.3. The lowest BCUT2D eigenvalue weighted by molar-refractivity contribution is 0.103. The summed E-state index contributed by atoms with van der Waals surface area (Å²) < 4.78 is 0. The van der Waals surface area contributed by atoms with Crippen molar-refractivity contribution in [3.63, 3.8) is 0 Å². The van der Waals surface area contributed by atoms with E-state index in [2.05, 4.69) is 0 Å². The Hall–Kier alpha value is -1.97. The zero-order valence-electron chi connectivity index (χ0n) is 9.84. The largest absolute Gasteiger partial charge is 0.392 e. The van der Waals surface area contributed by atoms with E-state index in [-0.39, 0.29) is 19.0 Å². The molecule has 92 valence electrons. The Bertz CT molecular complexity index is 544. The molecule has 0 spiro atoms. The van der Waals surface area contributed by atoms with E-state index in [1.165, 1.54) is 0 Å². The van der Waals surface area contributed by atoms with E-state index in [1.54, 1.807) is 48.5 Å². The van der Waals surface area contributed by atoms with Crippen LogP contribution in [0.15, 0.2) is 48.5 Å². The molecule has 0 amide bonds. The molecule has 0 aliphatic carbocycles. The van der Waals surface area contributed by atoms with Gasteiger partial charge in [0.15, 0.2) is 5.78 Å². The molecule has 2 aromatic carbocycles. The molecule has 3 heteroatoms. The van der Waals surface area contributed by atoms with Gasteiger partial charge in [0.1, 0.15) is 0 Å². The topological polar surface area (TPSA) is 57.5 Å². The highest BCUT2D eigenvalue weighted by Gasteiger charge is 2.12. The minimum atomic E-state index is -0.156. The normalized spacial score (nSPS) is 10.3. The van der Waals surface area contributed by atoms with E-state index in [1.807, 2.05) is 0 Å². The zero-order chi connectivity index (χ0) is 13.0. The minimum Gasteiger partial charge on any atom is -0.392 e. The van der Waals surface area contributed by atoms with Crippen molar-refractivity contribution in [3.05, 3.63) is 70.8 Å². The summed E-state index contributed by atoms with van der Waals surface area (Å²) in [6.45, 7) is -0.196. The molecule has 0 aliphatic rings. The van der Waals surface area contributed by atoms with Crippen LogP contribution in [-0.4, -0.2) is 16.0 Å². The molecule has 0 aromatic heterocycles. The number of hydrogen-bond donors (Lipinski definition) is 2. The molecule has 0 heterocycles. The maximum absolute atomic E-state index is 12.3. The number of aliphatic hydroxyl groups excluding tert-OH is 2. The fourth-order valence-corrected chi connectivity index (χ4v) is 1.80. The van der Waals surface area contributed by atoms with Gasteiger partial charge in [-0.1, -0.05) is 48.5 Å². The van der Waals surface area contributed by atoms with E-state index in [0.717, 1.165) is 5.56 Å². The van der Waals surface area contributed by atoms with Crippen molar-refractivity contribution >= 4 is 5.78 Å². The Morgan fingerprint density at radius 1 is 0.889 bits per heavy atom. The van der Waals surface area contributed by atoms with Crippen LogP contribution in [0, 0.1) is 0 Å². The van der Waals surface area contributed by atoms with Gasteiger partial charge < -0.3 is 10.2 Å². The van der Waals surface area contributed by atoms with Gasteiger partial charge in [-0.3, -0.25) is 4.79 Å². The molecule has 0 unspecified atom stereocenters. The average Bonchev–Trinajstić information content (AvgIpc) is 2.46. The lowest BCUT2D eigenvalue weighted by atomic mass is 9.98. The minimum absolute atomic E-state index is 0.0400. The number of aliphatic hydroxyl groups is 2. The maximum Gasteiger partial charge on any atom is 0.193 e. The maximum atomic E-state index is 12.3. The van der Waals surface area contributed by atoms with Gasteiger partial charge in [-0.2, -0.15) is 0 Å². The van der Waals surface area contributed by atoms with Gasteiger partial charge in [-0.15, -0.1) is 0 Å². The number of hydrogen-bond acceptors (Lipinski definition) is 3. The molecular formula is C15H14O3. The van der Waals surface area contributed by atoms with Gasteiger partial charge in [0, 0.05) is 11.1 Å². The molecular weight excluding hydrogens is 228 g/mol. The van der Waals surface area contributed by atoms with Gasteiger partial charge in [-0.05, 0) is 11.1 Å². The monoisotopic (exact) mass is 242 g/mol. The van der Waals surface area contributed by atoms with E-state index in [9.17, 15) is 9.90 Å². The summed E-state index contributed by atoms with van der Waals surface area (Å²) in [5.74, 6) is -0.121. The zero-order valence-corrected chi connectivity index (χ0v) is 9.84. The van der Waals surface area contributed by atoms with Crippen molar-refractivity contribution in [3.8, 4) is 0 Å². The van der Waals surface area contributed by atoms with Crippen LogP contribution in [0.1, 0.15) is 27.0 Å². The molecule has 0 aliphatic heterocycles. The van der Waals surface area contributed by atoms with E-state index in [4.69, 9.17) is 5.11 Å². The Kier molecular flexibility index (Phi) is 3.87. The predicted molar refractivity (Wildman–Crippen MR) is 68.2 cm³/mol. The molecule has 0 saturated heterocycles. The fourth-order valence-electron chi connectivity index (χ4n) is 1.80. The Morgan fingerprint density at radius 2 is 1.56 bits per heavy atom. The molecule has 18 heavy (non-hydrogen) atoms. The SMILES string of the molecule is O=C(c1ccc(CO)cc1)c1ccccc1CO. The third-order valence-corrected chi connectivity index (χ3v) is 2.83. The van der Waals surface area contributed by atoms with Crippen molar-refractivity contribution in [1.29, 1.82) is 0 Å². The van der Waals surface area contributed by atoms with E-state index < -0.39 is 0 Å². The number of carbonyl (C=O) groups excluding carboxylic acids is 1. The Balaban J connectivity index is 2.35. The molecule has 0 saturated carbocycles. The van der Waals surface area contributed by atoms with Crippen molar-refractivity contribution in [2.24, 2.45) is 0 Å². The summed E-state index contributed by atoms with van der Waals surface area (Å²) in [5.41, 5.74) is 2.44. The van der Waals surface area contributed by atoms with Crippen LogP contribution in [0.3, 0.4) is 0 Å². The highest BCUT2D eigenvalue weighted by Crippen LogP contribution is 2.15. The molecule has 2 rings (SSSR count). The molecule has 0 bridgehead atoms. The summed E-state index contributed by atoms with van der Waals surface area (Å²) in [4.78, 5) is 12.3. The summed E-state index contributed by atoms with van der Waals surface area (Å²) >= 11 is 0. The van der Waals surface area contributed by atoms with E-state index in [0.29, 0.717) is 16.7 Å². The van der Waals surface area contributed by atoms with Crippen LogP contribution in [-0.2, 0) is 13.2 Å². The average molecular weight is 242 g/mol. The first-order valence-corrected chi connectivity index (χ1v) is 5.69. The molecule has 0 atom stereocenters. The van der Waals surface area contributed by atoms with E-state index >= 15 is 0 Å². The summed E-state index contributed by atoms with van der Waals surface area (Å²) in [5, 5.41) is 18.2. The van der Waals surface area contributed by atoms with Crippen LogP contribution in [0.5, 0.6) is 0 Å². The van der Waals surface area contributed by atoms with Gasteiger partial charge in [0.2, 0.25) is 0 Å². The third kappa shape index (κ3) is 2.47. The lowest BCUT2D eigenvalue weighted by Crippen LogP contribution is -2.05. The fraction of sp³-hybridized carbons (Fsp3) is 0.133. The summed E-state index contributed by atoms with van der Waals surface area (Å²) in [7, 11) is 0. The van der Waals surface area contributed by atoms with Crippen LogP contribution in [0.25, 0.3) is 0 Å². The predicted octanol–water partition coefficient (Wildman–Crippen LogP) is 1.90. The van der Waals surface area contributed by atoms with Crippen LogP contribution in [0.4, 0.5) is 0 Å². The van der Waals surface area contributed by atoms with Gasteiger partial charge in [0.25, 0.3) is 0 Å². The molecule has 0 radical (unpaired) electrons. The van der Waals surface area contributed by atoms with Crippen LogP contribution in [0.2, 0.25) is 0 Å². The van der Waals surface area contributed by atoms with Gasteiger partial charge >= 0.3 is 0 Å². The number of rotatable bonds is 4. The Labute approximate surface area is 105 Å². The van der Waals surface area contributed by atoms with Crippen molar-refractivity contribution < 1.29 is 15.0 Å². The first kappa shape index (κ1) is 12.5. The quantitative estimate of drug-likeness (QED) is 0.805. The van der Waals surface area contributed by atoms with Crippen molar-refractivity contribution in [1.82, 2.24) is 0 Å². The van der Waals surface area contributed by atoms with Crippen molar-refractivity contribution in [2.45, 2.75) is 13.2 Å². The van der Waals surface area contributed by atoms with Crippen LogP contribution < -0.4 is 0 Å². The number of benzene rings is 2. The van der Waals surface area contributed by atoms with Crippen molar-refractivity contribution in [2.75, 3.05) is 0 Å². The number of ketones is 1.